The van der Waals surface area contributed by atoms with Gasteiger partial charge in [0.2, 0.25) is 0 Å². The summed E-state index contributed by atoms with van der Waals surface area (Å²) in [6, 6.07) is 5.22. The van der Waals surface area contributed by atoms with Crippen LogP contribution >= 0.6 is 0 Å². The number of hydrogen-bond acceptors (Lipinski definition) is 3. The van der Waals surface area contributed by atoms with E-state index in [1.54, 1.807) is 6.07 Å². The summed E-state index contributed by atoms with van der Waals surface area (Å²) in [5.74, 6) is 0. The van der Waals surface area contributed by atoms with Gasteiger partial charge in [-0.2, -0.15) is 5.26 Å². The Hall–Kier alpha value is -1.89. The van der Waals surface area contributed by atoms with Gasteiger partial charge in [-0.3, -0.25) is 10.1 Å². The van der Waals surface area contributed by atoms with Crippen LogP contribution in [0, 0.1) is 21.4 Å². The highest BCUT2D eigenvalue weighted by atomic mass is 16.6. The first-order valence-corrected chi connectivity index (χ1v) is 2.80. The zero-order valence-corrected chi connectivity index (χ0v) is 5.44. The van der Waals surface area contributed by atoms with Crippen LogP contribution < -0.4 is 0 Å². The SMILES string of the molecule is [2H]c1ccc([N+](=O)[O-])cc1C#N. The Balaban J connectivity index is 3.25. The Bertz CT molecular complexity index is 370. The van der Waals surface area contributed by atoms with Gasteiger partial charge in [0.15, 0.2) is 0 Å². The number of benzene rings is 1. The van der Waals surface area contributed by atoms with Gasteiger partial charge >= 0.3 is 0 Å². The molecule has 1 rings (SSSR count). The molecule has 0 fully saturated rings. The van der Waals surface area contributed by atoms with Crippen molar-refractivity contribution in [2.75, 3.05) is 0 Å². The van der Waals surface area contributed by atoms with Crippen molar-refractivity contribution in [1.82, 2.24) is 0 Å². The number of nitro benzene ring substituents is 1. The molecule has 0 aromatic heterocycles. The summed E-state index contributed by atoms with van der Waals surface area (Å²) in [6.07, 6.45) is 0. The summed E-state index contributed by atoms with van der Waals surface area (Å²) in [5, 5.41) is 18.6. The molecule has 0 unspecified atom stereocenters. The van der Waals surface area contributed by atoms with E-state index in [9.17, 15) is 10.1 Å². The summed E-state index contributed by atoms with van der Waals surface area (Å²) in [7, 11) is 0. The first-order valence-electron chi connectivity index (χ1n) is 3.30. The van der Waals surface area contributed by atoms with Gasteiger partial charge in [-0.05, 0) is 6.04 Å². The van der Waals surface area contributed by atoms with Crippen molar-refractivity contribution in [3.8, 4) is 6.07 Å². The van der Waals surface area contributed by atoms with Crippen molar-refractivity contribution in [2.24, 2.45) is 0 Å². The summed E-state index contributed by atoms with van der Waals surface area (Å²) in [5.41, 5.74) is -0.147. The predicted octanol–water partition coefficient (Wildman–Crippen LogP) is 1.47. The van der Waals surface area contributed by atoms with Crippen LogP contribution in [0.25, 0.3) is 0 Å². The maximum atomic E-state index is 10.2. The lowest BCUT2D eigenvalue weighted by Gasteiger charge is -1.89. The van der Waals surface area contributed by atoms with Gasteiger partial charge in [-0.15, -0.1) is 0 Å². The van der Waals surface area contributed by atoms with Crippen LogP contribution in [-0.4, -0.2) is 4.92 Å². The average Bonchev–Trinajstić information content (AvgIpc) is 2.05. The van der Waals surface area contributed by atoms with E-state index in [2.05, 4.69) is 0 Å². The molecule has 1 aromatic carbocycles. The second kappa shape index (κ2) is 2.80. The fourth-order valence-corrected chi connectivity index (χ4v) is 0.633. The molecule has 11 heavy (non-hydrogen) atoms. The molecule has 0 amide bonds. The Morgan fingerprint density at radius 3 is 3.09 bits per heavy atom. The third-order valence-corrected chi connectivity index (χ3v) is 1.12. The minimum Gasteiger partial charge on any atom is -0.258 e. The van der Waals surface area contributed by atoms with Crippen LogP contribution in [0.3, 0.4) is 0 Å². The third-order valence-electron chi connectivity index (χ3n) is 1.12. The van der Waals surface area contributed by atoms with Gasteiger partial charge in [0.1, 0.15) is 0 Å². The molecule has 0 aliphatic carbocycles. The van der Waals surface area contributed by atoms with Crippen LogP contribution in [0.4, 0.5) is 5.69 Å². The fraction of sp³-hybridized carbons (Fsp3) is 0. The van der Waals surface area contributed by atoms with Crippen LogP contribution in [0.1, 0.15) is 6.93 Å². The van der Waals surface area contributed by atoms with Gasteiger partial charge in [-0.1, -0.05) is 6.07 Å². The number of hydrogen-bond donors (Lipinski definition) is 0. The van der Waals surface area contributed by atoms with E-state index in [1.165, 1.54) is 12.1 Å². The average molecular weight is 149 g/mol. The lowest BCUT2D eigenvalue weighted by atomic mass is 10.2. The second-order valence-electron chi connectivity index (χ2n) is 1.83. The molecule has 0 bridgehead atoms. The topological polar surface area (TPSA) is 66.9 Å². The van der Waals surface area contributed by atoms with E-state index in [-0.39, 0.29) is 17.3 Å². The number of non-ortho nitro benzene ring substituents is 1. The van der Waals surface area contributed by atoms with Crippen LogP contribution in [-0.2, 0) is 0 Å². The molecule has 54 valence electrons. The molecule has 1 aromatic rings. The van der Waals surface area contributed by atoms with Crippen LogP contribution in [0.5, 0.6) is 0 Å². The Kier molecular flexibility index (Phi) is 1.49. The quantitative estimate of drug-likeness (QED) is 0.448. The Labute approximate surface area is 64.2 Å². The fourth-order valence-electron chi connectivity index (χ4n) is 0.633. The molecule has 0 saturated carbocycles. The van der Waals surface area contributed by atoms with Crippen molar-refractivity contribution in [3.63, 3.8) is 0 Å². The summed E-state index contributed by atoms with van der Waals surface area (Å²) >= 11 is 0. The number of nitro groups is 1. The summed E-state index contributed by atoms with van der Waals surface area (Å²) < 4.78 is 7.16. The van der Waals surface area contributed by atoms with E-state index in [0.717, 1.165) is 6.07 Å². The summed E-state index contributed by atoms with van der Waals surface area (Å²) in [4.78, 5) is 9.62. The van der Waals surface area contributed by atoms with Crippen molar-refractivity contribution in [3.05, 3.63) is 39.9 Å². The minimum atomic E-state index is -0.597. The van der Waals surface area contributed by atoms with Crippen LogP contribution in [0.15, 0.2) is 24.2 Å². The summed E-state index contributed by atoms with van der Waals surface area (Å²) in [6.45, 7) is 0. The highest BCUT2D eigenvalue weighted by Crippen LogP contribution is 2.11. The largest absolute Gasteiger partial charge is 0.270 e. The van der Waals surface area contributed by atoms with Gasteiger partial charge in [0.25, 0.3) is 5.69 Å². The third kappa shape index (κ3) is 1.52. The molecular weight excluding hydrogens is 144 g/mol. The smallest absolute Gasteiger partial charge is 0.258 e. The number of nitriles is 1. The van der Waals surface area contributed by atoms with Crippen LogP contribution in [0.2, 0.25) is 0 Å². The maximum Gasteiger partial charge on any atom is 0.270 e. The predicted molar refractivity (Wildman–Crippen MR) is 37.8 cm³/mol. The normalized spacial score (nSPS) is 9.91. The molecule has 4 nitrogen and oxygen atoms in total. The van der Waals surface area contributed by atoms with E-state index < -0.39 is 4.92 Å². The highest BCUT2D eigenvalue weighted by molar-refractivity contribution is 5.40. The van der Waals surface area contributed by atoms with E-state index in [0.29, 0.717) is 0 Å². The molecule has 4 heteroatoms. The monoisotopic (exact) mass is 149 g/mol. The maximum absolute atomic E-state index is 10.2. The zero-order chi connectivity index (χ0) is 9.14. The van der Waals surface area contributed by atoms with E-state index in [1.807, 2.05) is 0 Å². The first-order chi connectivity index (χ1) is 5.65. The van der Waals surface area contributed by atoms with Gasteiger partial charge in [-0.25, -0.2) is 0 Å². The van der Waals surface area contributed by atoms with E-state index >= 15 is 0 Å². The lowest BCUT2D eigenvalue weighted by Crippen LogP contribution is -1.87. The van der Waals surface area contributed by atoms with Gasteiger partial charge in [0, 0.05) is 12.1 Å². The Morgan fingerprint density at radius 2 is 2.55 bits per heavy atom. The molecule has 0 spiro atoms. The van der Waals surface area contributed by atoms with Crippen molar-refractivity contribution < 1.29 is 6.29 Å². The van der Waals surface area contributed by atoms with Crippen molar-refractivity contribution >= 4 is 5.69 Å². The zero-order valence-electron chi connectivity index (χ0n) is 6.44. The molecule has 0 saturated heterocycles. The molecule has 0 atom stereocenters. The number of nitrogens with zero attached hydrogens (tertiary/aromatic N) is 2. The second-order valence-corrected chi connectivity index (χ2v) is 1.83. The first kappa shape index (κ1) is 5.86. The Morgan fingerprint density at radius 1 is 1.82 bits per heavy atom. The highest BCUT2D eigenvalue weighted by Gasteiger charge is 2.03. The molecule has 0 heterocycles. The standard InChI is InChI=1S/C7H4N2O2/c8-5-6-2-1-3-7(4-6)9(10)11/h1-4H/i2D. The van der Waals surface area contributed by atoms with Crippen molar-refractivity contribution in [1.29, 1.82) is 5.26 Å². The lowest BCUT2D eigenvalue weighted by molar-refractivity contribution is -0.384. The van der Waals surface area contributed by atoms with E-state index in [4.69, 9.17) is 6.63 Å². The molecule has 0 aliphatic rings. The molecule has 0 radical (unpaired) electrons. The van der Waals surface area contributed by atoms with Crippen molar-refractivity contribution in [2.45, 2.75) is 0 Å². The van der Waals surface area contributed by atoms with Gasteiger partial charge in [0.05, 0.1) is 17.9 Å². The molecular formula is C7H4N2O2. The molecule has 0 aliphatic heterocycles. The number of rotatable bonds is 1. The van der Waals surface area contributed by atoms with Gasteiger partial charge < -0.3 is 0 Å². The molecule has 0 N–H and O–H groups in total. The minimum absolute atomic E-state index is 0.00287.